The molecule has 0 radical (unpaired) electrons. The predicted molar refractivity (Wildman–Crippen MR) is 131 cm³/mol. The number of imide groups is 1. The van der Waals surface area contributed by atoms with Crippen LogP contribution in [-0.2, 0) is 9.59 Å². The Kier molecular flexibility index (Phi) is 6.98. The molecule has 6 nitrogen and oxygen atoms in total. The van der Waals surface area contributed by atoms with E-state index in [0.29, 0.717) is 16.3 Å². The smallest absolute Gasteiger partial charge is 0.283 e. The molecule has 2 aromatic rings. The molecule has 0 aromatic heterocycles. The summed E-state index contributed by atoms with van der Waals surface area (Å²) in [7, 11) is 1.82. The Labute approximate surface area is 207 Å². The van der Waals surface area contributed by atoms with Crippen molar-refractivity contribution in [3.05, 3.63) is 68.8 Å². The van der Waals surface area contributed by atoms with Gasteiger partial charge in [0.1, 0.15) is 10.7 Å². The maximum Gasteiger partial charge on any atom is 0.283 e. The molecule has 4 rings (SSSR count). The van der Waals surface area contributed by atoms with Crippen molar-refractivity contribution < 1.29 is 14.4 Å². The van der Waals surface area contributed by atoms with E-state index in [1.807, 2.05) is 7.05 Å². The largest absolute Gasteiger partial charge is 0.350 e. The van der Waals surface area contributed by atoms with Gasteiger partial charge in [-0.15, -0.1) is 0 Å². The van der Waals surface area contributed by atoms with E-state index in [2.05, 4.69) is 5.32 Å². The average Bonchev–Trinajstić information content (AvgIpc) is 3.03. The molecule has 0 unspecified atom stereocenters. The number of carbonyl (C=O) groups excluding carboxylic acids is 3. The van der Waals surface area contributed by atoms with Crippen molar-refractivity contribution in [3.63, 3.8) is 0 Å². The Balaban J connectivity index is 1.55. The van der Waals surface area contributed by atoms with Crippen LogP contribution in [0, 0.1) is 0 Å². The normalized spacial score (nSPS) is 17.0. The van der Waals surface area contributed by atoms with E-state index in [1.165, 1.54) is 18.6 Å². The van der Waals surface area contributed by atoms with Gasteiger partial charge in [0, 0.05) is 29.4 Å². The number of anilines is 2. The van der Waals surface area contributed by atoms with Crippen molar-refractivity contribution in [1.29, 1.82) is 0 Å². The van der Waals surface area contributed by atoms with E-state index in [0.717, 1.165) is 30.6 Å². The Hall–Kier alpha value is -2.54. The first-order valence-electron chi connectivity index (χ1n) is 10.7. The highest BCUT2D eigenvalue weighted by Gasteiger charge is 2.40. The molecule has 2 aliphatic rings. The molecule has 172 valence electrons. The third kappa shape index (κ3) is 4.74. The van der Waals surface area contributed by atoms with Crippen LogP contribution in [0.2, 0.25) is 10.0 Å². The minimum absolute atomic E-state index is 0.0909. The molecule has 1 N–H and O–H groups in total. The van der Waals surface area contributed by atoms with Gasteiger partial charge in [-0.1, -0.05) is 60.1 Å². The molecule has 1 heterocycles. The fraction of sp³-hybridized carbons (Fsp3) is 0.292. The lowest BCUT2D eigenvalue weighted by molar-refractivity contribution is -0.120. The summed E-state index contributed by atoms with van der Waals surface area (Å²) in [5.41, 5.74) is 0.998. The number of nitrogens with zero attached hydrogens (tertiary/aromatic N) is 2. The zero-order valence-electron chi connectivity index (χ0n) is 17.9. The van der Waals surface area contributed by atoms with Crippen molar-refractivity contribution in [2.75, 3.05) is 17.3 Å². The molecule has 9 heteroatoms. The van der Waals surface area contributed by atoms with Gasteiger partial charge in [-0.05, 0) is 49.2 Å². The second kappa shape index (κ2) is 9.75. The van der Waals surface area contributed by atoms with Crippen molar-refractivity contribution in [1.82, 2.24) is 4.90 Å². The number of carbonyl (C=O) groups is 3. The van der Waals surface area contributed by atoms with Crippen molar-refractivity contribution in [2.24, 2.45) is 0 Å². The van der Waals surface area contributed by atoms with Gasteiger partial charge in [0.15, 0.2) is 0 Å². The van der Waals surface area contributed by atoms with E-state index >= 15 is 0 Å². The first-order valence-corrected chi connectivity index (χ1v) is 11.8. The summed E-state index contributed by atoms with van der Waals surface area (Å²) < 4.78 is 0. The summed E-state index contributed by atoms with van der Waals surface area (Å²) in [6.07, 6.45) is 5.46. The number of hydrogen-bond donors (Lipinski definition) is 1. The van der Waals surface area contributed by atoms with Crippen LogP contribution in [0.3, 0.4) is 0 Å². The average molecular weight is 507 g/mol. The molecule has 33 heavy (non-hydrogen) atoms. The van der Waals surface area contributed by atoms with Crippen LogP contribution in [0.25, 0.3) is 0 Å². The molecule has 0 saturated heterocycles. The van der Waals surface area contributed by atoms with Crippen LogP contribution in [0.4, 0.5) is 11.4 Å². The Morgan fingerprint density at radius 3 is 2.45 bits per heavy atom. The second-order valence-corrected chi connectivity index (χ2v) is 9.37. The minimum atomic E-state index is -0.711. The van der Waals surface area contributed by atoms with Gasteiger partial charge in [-0.25, -0.2) is 4.90 Å². The molecule has 2 aromatic carbocycles. The van der Waals surface area contributed by atoms with E-state index in [4.69, 9.17) is 34.8 Å². The standard InChI is InChI=1S/C24H22Cl3N3O3/c1-29(17-8-3-2-4-9-17)22(31)14-6-5-7-16(12-14)28-21-20(27)23(32)30(24(21)33)19-13-15(25)10-11-18(19)26/h5-7,10-13,17,28H,2-4,8-9H2,1H3. The number of halogens is 3. The Morgan fingerprint density at radius 2 is 1.73 bits per heavy atom. The van der Waals surface area contributed by atoms with Gasteiger partial charge in [0.2, 0.25) is 0 Å². The second-order valence-electron chi connectivity index (χ2n) is 8.14. The van der Waals surface area contributed by atoms with Gasteiger partial charge in [-0.2, -0.15) is 0 Å². The van der Waals surface area contributed by atoms with Crippen molar-refractivity contribution in [3.8, 4) is 0 Å². The SMILES string of the molecule is CN(C(=O)c1cccc(NC2=C(Cl)C(=O)N(c3cc(Cl)ccc3Cl)C2=O)c1)C1CCCCC1. The molecule has 0 spiro atoms. The topological polar surface area (TPSA) is 69.7 Å². The van der Waals surface area contributed by atoms with E-state index < -0.39 is 11.8 Å². The highest BCUT2D eigenvalue weighted by atomic mass is 35.5. The molecule has 0 atom stereocenters. The Morgan fingerprint density at radius 1 is 1.00 bits per heavy atom. The molecule has 1 aliphatic carbocycles. The summed E-state index contributed by atoms with van der Waals surface area (Å²) in [5.74, 6) is -1.46. The number of nitrogens with one attached hydrogen (secondary N) is 1. The minimum Gasteiger partial charge on any atom is -0.350 e. The summed E-state index contributed by atoms with van der Waals surface area (Å²) in [6, 6.07) is 11.5. The lowest BCUT2D eigenvalue weighted by Crippen LogP contribution is -2.38. The zero-order valence-corrected chi connectivity index (χ0v) is 20.2. The van der Waals surface area contributed by atoms with E-state index in [1.54, 1.807) is 35.2 Å². The van der Waals surface area contributed by atoms with Crippen LogP contribution < -0.4 is 10.2 Å². The predicted octanol–water partition coefficient (Wildman–Crippen LogP) is 5.83. The summed E-state index contributed by atoms with van der Waals surface area (Å²) in [5, 5.41) is 3.14. The first kappa shape index (κ1) is 23.6. The number of rotatable bonds is 5. The molecule has 1 fully saturated rings. The molecular formula is C24H22Cl3N3O3. The lowest BCUT2D eigenvalue weighted by Gasteiger charge is -2.31. The van der Waals surface area contributed by atoms with Crippen LogP contribution in [-0.4, -0.2) is 35.7 Å². The van der Waals surface area contributed by atoms with Gasteiger partial charge < -0.3 is 10.2 Å². The Bertz CT molecular complexity index is 1160. The maximum atomic E-state index is 13.1. The lowest BCUT2D eigenvalue weighted by atomic mass is 9.94. The quantitative estimate of drug-likeness (QED) is 0.518. The molecule has 1 aliphatic heterocycles. The summed E-state index contributed by atoms with van der Waals surface area (Å²) in [4.78, 5) is 41.5. The zero-order chi connectivity index (χ0) is 23.7. The van der Waals surface area contributed by atoms with Crippen LogP contribution in [0.1, 0.15) is 42.5 Å². The maximum absolute atomic E-state index is 13.1. The van der Waals surface area contributed by atoms with Crippen LogP contribution in [0.15, 0.2) is 53.2 Å². The highest BCUT2D eigenvalue weighted by Crippen LogP contribution is 2.36. The first-order chi connectivity index (χ1) is 15.8. The fourth-order valence-electron chi connectivity index (χ4n) is 4.20. The van der Waals surface area contributed by atoms with Gasteiger partial charge in [0.25, 0.3) is 17.7 Å². The van der Waals surface area contributed by atoms with E-state index in [-0.39, 0.29) is 33.4 Å². The van der Waals surface area contributed by atoms with E-state index in [9.17, 15) is 14.4 Å². The molecule has 3 amide bonds. The molecule has 0 bridgehead atoms. The van der Waals surface area contributed by atoms with Crippen molar-refractivity contribution in [2.45, 2.75) is 38.1 Å². The monoisotopic (exact) mass is 505 g/mol. The summed E-state index contributed by atoms with van der Waals surface area (Å²) in [6.45, 7) is 0. The van der Waals surface area contributed by atoms with Crippen LogP contribution >= 0.6 is 34.8 Å². The van der Waals surface area contributed by atoms with Gasteiger partial charge >= 0.3 is 0 Å². The third-order valence-corrected chi connectivity index (χ3v) is 6.90. The number of hydrogen-bond acceptors (Lipinski definition) is 4. The van der Waals surface area contributed by atoms with Crippen LogP contribution in [0.5, 0.6) is 0 Å². The van der Waals surface area contributed by atoms with Gasteiger partial charge in [-0.3, -0.25) is 14.4 Å². The highest BCUT2D eigenvalue weighted by molar-refractivity contribution is 6.54. The summed E-state index contributed by atoms with van der Waals surface area (Å²) >= 11 is 18.4. The fourth-order valence-corrected chi connectivity index (χ4v) is 4.78. The molecule has 1 saturated carbocycles. The third-order valence-electron chi connectivity index (χ3n) is 6.00. The molecular weight excluding hydrogens is 485 g/mol. The number of benzene rings is 2. The number of amides is 3. The van der Waals surface area contributed by atoms with Crippen molar-refractivity contribution >= 4 is 63.9 Å². The van der Waals surface area contributed by atoms with Gasteiger partial charge in [0.05, 0.1) is 10.7 Å².